The van der Waals surface area contributed by atoms with Gasteiger partial charge in [0.15, 0.2) is 5.58 Å². The van der Waals surface area contributed by atoms with E-state index >= 15 is 0 Å². The smallest absolute Gasteiger partial charge is 0.255 e. The number of carbonyl (C=O) groups excluding carboxylic acids is 1. The van der Waals surface area contributed by atoms with Gasteiger partial charge in [0.05, 0.1) is 0 Å². The zero-order valence-electron chi connectivity index (χ0n) is 14.0. The maximum atomic E-state index is 12.4. The molecule has 0 atom stereocenters. The van der Waals surface area contributed by atoms with Gasteiger partial charge in [0, 0.05) is 21.3 Å². The number of hydrogen-bond donors (Lipinski definition) is 1. The molecule has 0 bridgehead atoms. The number of halogens is 1. The van der Waals surface area contributed by atoms with Crippen LogP contribution in [0.4, 0.5) is 5.69 Å². The van der Waals surface area contributed by atoms with Crippen LogP contribution >= 0.6 is 15.9 Å². The Balaban J connectivity index is 1.61. The molecule has 26 heavy (non-hydrogen) atoms. The Hall–Kier alpha value is -2.92. The van der Waals surface area contributed by atoms with Crippen LogP contribution in [0.25, 0.3) is 22.6 Å². The molecule has 128 valence electrons. The number of aryl methyl sites for hydroxylation is 1. The van der Waals surface area contributed by atoms with E-state index in [1.54, 1.807) is 12.1 Å². The Morgan fingerprint density at radius 3 is 2.65 bits per heavy atom. The first kappa shape index (κ1) is 16.5. The Morgan fingerprint density at radius 1 is 1.04 bits per heavy atom. The van der Waals surface area contributed by atoms with Crippen molar-refractivity contribution in [3.8, 4) is 11.5 Å². The summed E-state index contributed by atoms with van der Waals surface area (Å²) in [5.74, 6) is 0.369. The van der Waals surface area contributed by atoms with Crippen LogP contribution < -0.4 is 5.32 Å². The number of nitrogens with zero attached hydrogens (tertiary/aromatic N) is 1. The second-order valence-corrected chi connectivity index (χ2v) is 6.95. The highest BCUT2D eigenvalue weighted by Gasteiger charge is 2.11. The molecule has 1 heterocycles. The summed E-state index contributed by atoms with van der Waals surface area (Å²) in [5, 5.41) is 2.91. The van der Waals surface area contributed by atoms with E-state index in [0.29, 0.717) is 17.1 Å². The Kier molecular flexibility index (Phi) is 4.31. The first-order chi connectivity index (χ1) is 12.6. The summed E-state index contributed by atoms with van der Waals surface area (Å²) in [6.45, 7) is 2.02. The molecule has 1 N–H and O–H groups in total. The quantitative estimate of drug-likeness (QED) is 0.466. The molecule has 3 aromatic carbocycles. The van der Waals surface area contributed by atoms with Gasteiger partial charge < -0.3 is 9.73 Å². The van der Waals surface area contributed by atoms with Crippen LogP contribution in [0.15, 0.2) is 75.6 Å². The fourth-order valence-corrected chi connectivity index (χ4v) is 2.96. The molecule has 0 aliphatic heterocycles. The highest BCUT2D eigenvalue weighted by Crippen LogP contribution is 2.27. The SMILES string of the molecule is Cc1ccc2oc(-c3cccc(NC(=O)c4ccc(Br)cc4)c3)nc2c1. The lowest BCUT2D eigenvalue weighted by Gasteiger charge is -2.06. The van der Waals surface area contributed by atoms with Gasteiger partial charge in [0.2, 0.25) is 5.89 Å². The number of amides is 1. The first-order valence-corrected chi connectivity index (χ1v) is 8.92. The molecule has 0 saturated carbocycles. The number of fused-ring (bicyclic) bond motifs is 1. The van der Waals surface area contributed by atoms with Crippen molar-refractivity contribution in [1.29, 1.82) is 0 Å². The van der Waals surface area contributed by atoms with Crippen molar-refractivity contribution in [2.24, 2.45) is 0 Å². The van der Waals surface area contributed by atoms with Crippen molar-refractivity contribution in [1.82, 2.24) is 4.98 Å². The second kappa shape index (κ2) is 6.77. The summed E-state index contributed by atoms with van der Waals surface area (Å²) in [5.41, 5.74) is 4.80. The van der Waals surface area contributed by atoms with Gasteiger partial charge in [-0.2, -0.15) is 0 Å². The van der Waals surface area contributed by atoms with E-state index in [2.05, 4.69) is 26.2 Å². The van der Waals surface area contributed by atoms with Crippen LogP contribution in [-0.2, 0) is 0 Å². The zero-order valence-corrected chi connectivity index (χ0v) is 15.6. The van der Waals surface area contributed by atoms with Gasteiger partial charge in [-0.25, -0.2) is 4.98 Å². The van der Waals surface area contributed by atoms with Crippen LogP contribution in [0.2, 0.25) is 0 Å². The fourth-order valence-electron chi connectivity index (χ4n) is 2.70. The van der Waals surface area contributed by atoms with E-state index in [1.165, 1.54) is 0 Å². The molecule has 0 unspecified atom stereocenters. The van der Waals surface area contributed by atoms with Crippen molar-refractivity contribution >= 4 is 38.6 Å². The summed E-state index contributed by atoms with van der Waals surface area (Å²) in [7, 11) is 0. The third-order valence-corrected chi connectivity index (χ3v) is 4.55. The predicted octanol–water partition coefficient (Wildman–Crippen LogP) is 5.82. The average Bonchev–Trinajstić information content (AvgIpc) is 3.05. The second-order valence-electron chi connectivity index (χ2n) is 6.03. The van der Waals surface area contributed by atoms with E-state index < -0.39 is 0 Å². The minimum absolute atomic E-state index is 0.164. The van der Waals surface area contributed by atoms with Crippen molar-refractivity contribution in [2.75, 3.05) is 5.32 Å². The monoisotopic (exact) mass is 406 g/mol. The van der Waals surface area contributed by atoms with E-state index in [9.17, 15) is 4.79 Å². The van der Waals surface area contributed by atoms with E-state index in [0.717, 1.165) is 26.7 Å². The highest BCUT2D eigenvalue weighted by molar-refractivity contribution is 9.10. The molecule has 0 saturated heterocycles. The molecule has 1 amide bonds. The molecule has 0 aliphatic carbocycles. The molecule has 4 nitrogen and oxygen atoms in total. The zero-order chi connectivity index (χ0) is 18.1. The number of carbonyl (C=O) groups is 1. The van der Waals surface area contributed by atoms with Crippen molar-refractivity contribution in [2.45, 2.75) is 6.92 Å². The van der Waals surface area contributed by atoms with Crippen LogP contribution in [-0.4, -0.2) is 10.9 Å². The molecule has 1 aromatic heterocycles. The predicted molar refractivity (Wildman–Crippen MR) is 106 cm³/mol. The van der Waals surface area contributed by atoms with Gasteiger partial charge in [0.1, 0.15) is 5.52 Å². The highest BCUT2D eigenvalue weighted by atomic mass is 79.9. The van der Waals surface area contributed by atoms with E-state index in [1.807, 2.05) is 61.5 Å². The van der Waals surface area contributed by atoms with Gasteiger partial charge in [0.25, 0.3) is 5.91 Å². The van der Waals surface area contributed by atoms with Crippen molar-refractivity contribution in [3.63, 3.8) is 0 Å². The first-order valence-electron chi connectivity index (χ1n) is 8.13. The van der Waals surface area contributed by atoms with Crippen molar-refractivity contribution < 1.29 is 9.21 Å². The molecular weight excluding hydrogens is 392 g/mol. The van der Waals surface area contributed by atoms with Crippen molar-refractivity contribution in [3.05, 3.63) is 82.3 Å². The third kappa shape index (κ3) is 3.39. The number of oxazole rings is 1. The van der Waals surface area contributed by atoms with Crippen LogP contribution in [0, 0.1) is 6.92 Å². The number of aromatic nitrogens is 1. The number of nitrogens with one attached hydrogen (secondary N) is 1. The van der Waals surface area contributed by atoms with Crippen LogP contribution in [0.3, 0.4) is 0 Å². The third-order valence-electron chi connectivity index (χ3n) is 4.02. The molecule has 4 aromatic rings. The van der Waals surface area contributed by atoms with E-state index in [4.69, 9.17) is 4.42 Å². The molecule has 0 radical (unpaired) electrons. The summed E-state index contributed by atoms with van der Waals surface area (Å²) < 4.78 is 6.77. The molecule has 5 heteroatoms. The Labute approximate surface area is 159 Å². The largest absolute Gasteiger partial charge is 0.436 e. The average molecular weight is 407 g/mol. The molecule has 0 aliphatic rings. The standard InChI is InChI=1S/C21H15BrN2O2/c1-13-5-10-19-18(11-13)24-21(26-19)15-3-2-4-17(12-15)23-20(25)14-6-8-16(22)9-7-14/h2-12H,1H3,(H,23,25). The van der Waals surface area contributed by atoms with E-state index in [-0.39, 0.29) is 5.91 Å². The molecule has 0 spiro atoms. The minimum atomic E-state index is -0.164. The summed E-state index contributed by atoms with van der Waals surface area (Å²) in [4.78, 5) is 16.9. The topological polar surface area (TPSA) is 55.1 Å². The van der Waals surface area contributed by atoms with Gasteiger partial charge in [-0.1, -0.05) is 28.1 Å². The number of hydrogen-bond acceptors (Lipinski definition) is 3. The van der Waals surface area contributed by atoms with Gasteiger partial charge in [-0.15, -0.1) is 0 Å². The lowest BCUT2D eigenvalue weighted by Crippen LogP contribution is -2.11. The maximum absolute atomic E-state index is 12.4. The number of anilines is 1. The van der Waals surface area contributed by atoms with Crippen LogP contribution in [0.1, 0.15) is 15.9 Å². The summed E-state index contributed by atoms with van der Waals surface area (Å²) >= 11 is 3.37. The van der Waals surface area contributed by atoms with Crippen LogP contribution in [0.5, 0.6) is 0 Å². The maximum Gasteiger partial charge on any atom is 0.255 e. The van der Waals surface area contributed by atoms with Gasteiger partial charge >= 0.3 is 0 Å². The Bertz CT molecular complexity index is 1100. The lowest BCUT2D eigenvalue weighted by atomic mass is 10.1. The lowest BCUT2D eigenvalue weighted by molar-refractivity contribution is 0.102. The number of rotatable bonds is 3. The molecule has 0 fully saturated rings. The van der Waals surface area contributed by atoms with Gasteiger partial charge in [-0.05, 0) is 67.1 Å². The fraction of sp³-hybridized carbons (Fsp3) is 0.0476. The minimum Gasteiger partial charge on any atom is -0.436 e. The number of benzene rings is 3. The molecule has 4 rings (SSSR count). The molecular formula is C21H15BrN2O2. The summed E-state index contributed by atoms with van der Waals surface area (Å²) in [6, 6.07) is 20.6. The summed E-state index contributed by atoms with van der Waals surface area (Å²) in [6.07, 6.45) is 0. The normalized spacial score (nSPS) is 10.8. The Morgan fingerprint density at radius 2 is 1.85 bits per heavy atom. The van der Waals surface area contributed by atoms with Gasteiger partial charge in [-0.3, -0.25) is 4.79 Å².